The summed E-state index contributed by atoms with van der Waals surface area (Å²) in [5.41, 5.74) is 1.31. The molecular formula is C13H14N2O4. The number of aliphatic hydroxyl groups excluding tert-OH is 1. The first kappa shape index (κ1) is 13.1. The van der Waals surface area contributed by atoms with Crippen molar-refractivity contribution in [3.8, 4) is 5.75 Å². The maximum Gasteiger partial charge on any atom is 0.277 e. The van der Waals surface area contributed by atoms with Gasteiger partial charge in [-0.25, -0.2) is 0 Å². The summed E-state index contributed by atoms with van der Waals surface area (Å²) in [7, 11) is 0. The van der Waals surface area contributed by atoms with Gasteiger partial charge in [-0.2, -0.15) is 0 Å². The predicted octanol–water partition coefficient (Wildman–Crippen LogP) is 0.358. The van der Waals surface area contributed by atoms with Crippen molar-refractivity contribution in [1.82, 2.24) is 4.90 Å². The van der Waals surface area contributed by atoms with Crippen LogP contribution in [0.5, 0.6) is 5.75 Å². The summed E-state index contributed by atoms with van der Waals surface area (Å²) < 4.78 is 0. The molecule has 0 spiro atoms. The van der Waals surface area contributed by atoms with E-state index in [-0.39, 0.29) is 24.6 Å². The number of carbonyl (C=O) groups excluding carboxylic acids is 2. The van der Waals surface area contributed by atoms with Gasteiger partial charge >= 0.3 is 0 Å². The smallest absolute Gasteiger partial charge is 0.277 e. The van der Waals surface area contributed by atoms with Crippen molar-refractivity contribution < 1.29 is 19.8 Å². The Balaban J connectivity index is 2.18. The molecule has 0 bridgehead atoms. The van der Waals surface area contributed by atoms with E-state index in [2.05, 4.69) is 5.32 Å². The van der Waals surface area contributed by atoms with Crippen LogP contribution in [0.3, 0.4) is 0 Å². The molecule has 0 saturated heterocycles. The third kappa shape index (κ3) is 2.58. The lowest BCUT2D eigenvalue weighted by atomic mass is 10.2. The quantitative estimate of drug-likeness (QED) is 0.538. The Morgan fingerprint density at radius 1 is 1.32 bits per heavy atom. The lowest BCUT2D eigenvalue weighted by molar-refractivity contribution is -0.137. The zero-order valence-corrected chi connectivity index (χ0v) is 10.4. The van der Waals surface area contributed by atoms with Gasteiger partial charge in [0.25, 0.3) is 11.8 Å². The maximum absolute atomic E-state index is 11.9. The number of nitrogens with zero attached hydrogens (tertiary/aromatic N) is 1. The molecule has 6 nitrogen and oxygen atoms in total. The lowest BCUT2D eigenvalue weighted by Crippen LogP contribution is -2.34. The van der Waals surface area contributed by atoms with Crippen LogP contribution in [0.25, 0.3) is 0 Å². The third-order valence-electron chi connectivity index (χ3n) is 2.76. The van der Waals surface area contributed by atoms with Crippen LogP contribution >= 0.6 is 0 Å². The van der Waals surface area contributed by atoms with Crippen molar-refractivity contribution in [1.29, 1.82) is 0 Å². The second-order valence-electron chi connectivity index (χ2n) is 4.22. The molecule has 0 saturated carbocycles. The average Bonchev–Trinajstić information content (AvgIpc) is 2.61. The fourth-order valence-corrected chi connectivity index (χ4v) is 1.80. The zero-order valence-electron chi connectivity index (χ0n) is 10.4. The summed E-state index contributed by atoms with van der Waals surface area (Å²) >= 11 is 0. The monoisotopic (exact) mass is 262 g/mol. The minimum Gasteiger partial charge on any atom is -0.506 e. The van der Waals surface area contributed by atoms with E-state index < -0.39 is 11.8 Å². The first-order valence-electron chi connectivity index (χ1n) is 5.78. The standard InChI is InChI=1S/C13H14N2O4/c1-8-2-3-9(11(17)6-8)14-10-7-12(18)15(4-5-16)13(10)19/h2-3,6-7,14,16-17H,4-5H2,1H3. The van der Waals surface area contributed by atoms with E-state index in [4.69, 9.17) is 5.11 Å². The summed E-state index contributed by atoms with van der Waals surface area (Å²) in [6.45, 7) is 1.50. The van der Waals surface area contributed by atoms with Gasteiger partial charge < -0.3 is 15.5 Å². The summed E-state index contributed by atoms with van der Waals surface area (Å²) in [6.07, 6.45) is 1.15. The van der Waals surface area contributed by atoms with Crippen molar-refractivity contribution in [2.45, 2.75) is 6.92 Å². The second kappa shape index (κ2) is 5.11. The van der Waals surface area contributed by atoms with Gasteiger partial charge in [-0.05, 0) is 24.6 Å². The van der Waals surface area contributed by atoms with Crippen LogP contribution in [0.1, 0.15) is 5.56 Å². The number of aliphatic hydroxyl groups is 1. The van der Waals surface area contributed by atoms with Crippen molar-refractivity contribution in [2.24, 2.45) is 0 Å². The minimum atomic E-state index is -0.515. The molecule has 0 atom stereocenters. The highest BCUT2D eigenvalue weighted by atomic mass is 16.3. The number of phenolic OH excluding ortho intramolecular Hbond substituents is 1. The number of carbonyl (C=O) groups is 2. The molecule has 19 heavy (non-hydrogen) atoms. The number of rotatable bonds is 4. The van der Waals surface area contributed by atoms with Crippen LogP contribution in [-0.2, 0) is 9.59 Å². The molecule has 1 heterocycles. The van der Waals surface area contributed by atoms with Crippen LogP contribution < -0.4 is 5.32 Å². The van der Waals surface area contributed by atoms with Crippen molar-refractivity contribution in [3.63, 3.8) is 0 Å². The number of imide groups is 1. The highest BCUT2D eigenvalue weighted by molar-refractivity contribution is 6.17. The number of anilines is 1. The highest BCUT2D eigenvalue weighted by Crippen LogP contribution is 2.26. The summed E-state index contributed by atoms with van der Waals surface area (Å²) in [5.74, 6) is -0.992. The molecule has 100 valence electrons. The number of nitrogens with one attached hydrogen (secondary N) is 1. The van der Waals surface area contributed by atoms with Gasteiger partial charge in [-0.15, -0.1) is 0 Å². The van der Waals surface area contributed by atoms with Gasteiger partial charge in [0.15, 0.2) is 0 Å². The van der Waals surface area contributed by atoms with E-state index in [1.165, 1.54) is 0 Å². The molecule has 0 aliphatic carbocycles. The molecule has 3 N–H and O–H groups in total. The predicted molar refractivity (Wildman–Crippen MR) is 68.4 cm³/mol. The van der Waals surface area contributed by atoms with Gasteiger partial charge in [-0.3, -0.25) is 14.5 Å². The fourth-order valence-electron chi connectivity index (χ4n) is 1.80. The van der Waals surface area contributed by atoms with E-state index in [1.54, 1.807) is 18.2 Å². The molecule has 0 radical (unpaired) electrons. The summed E-state index contributed by atoms with van der Waals surface area (Å²) in [5, 5.41) is 21.2. The van der Waals surface area contributed by atoms with Crippen LogP contribution in [0.15, 0.2) is 30.0 Å². The number of phenols is 1. The fraction of sp³-hybridized carbons (Fsp3) is 0.231. The van der Waals surface area contributed by atoms with Crippen LogP contribution in [0, 0.1) is 6.92 Å². The lowest BCUT2D eigenvalue weighted by Gasteiger charge is -2.14. The van der Waals surface area contributed by atoms with E-state index in [0.29, 0.717) is 5.69 Å². The summed E-state index contributed by atoms with van der Waals surface area (Å²) in [4.78, 5) is 24.3. The number of hydrogen-bond acceptors (Lipinski definition) is 5. The SMILES string of the molecule is Cc1ccc(NC2=CC(=O)N(CCO)C2=O)c(O)c1. The van der Waals surface area contributed by atoms with E-state index >= 15 is 0 Å². The third-order valence-corrected chi connectivity index (χ3v) is 2.76. The maximum atomic E-state index is 11.9. The largest absolute Gasteiger partial charge is 0.506 e. The van der Waals surface area contributed by atoms with Crippen LogP contribution in [0.4, 0.5) is 5.69 Å². The normalized spacial score (nSPS) is 14.8. The van der Waals surface area contributed by atoms with Gasteiger partial charge in [-0.1, -0.05) is 6.07 Å². The van der Waals surface area contributed by atoms with Crippen molar-refractivity contribution in [3.05, 3.63) is 35.5 Å². The molecule has 1 aliphatic rings. The Hall–Kier alpha value is -2.34. The molecule has 0 aromatic heterocycles. The Morgan fingerprint density at radius 2 is 2.05 bits per heavy atom. The van der Waals surface area contributed by atoms with Crippen molar-refractivity contribution >= 4 is 17.5 Å². The average molecular weight is 262 g/mol. The molecule has 1 aromatic rings. The van der Waals surface area contributed by atoms with Crippen LogP contribution in [-0.4, -0.2) is 40.1 Å². The van der Waals surface area contributed by atoms with E-state index in [1.807, 2.05) is 6.92 Å². The zero-order chi connectivity index (χ0) is 14.0. The summed E-state index contributed by atoms with van der Waals surface area (Å²) in [6, 6.07) is 4.95. The van der Waals surface area contributed by atoms with Gasteiger partial charge in [0.05, 0.1) is 18.8 Å². The Labute approximate surface area is 110 Å². The number of hydrogen-bond donors (Lipinski definition) is 3. The number of amides is 2. The Kier molecular flexibility index (Phi) is 3.52. The Bertz CT molecular complexity index is 566. The number of aromatic hydroxyl groups is 1. The van der Waals surface area contributed by atoms with Gasteiger partial charge in [0, 0.05) is 6.08 Å². The van der Waals surface area contributed by atoms with Crippen LogP contribution in [0.2, 0.25) is 0 Å². The number of β-amino-alcohol motifs (C(OH)–C–C–N with tert-alkyl or cyclic N) is 1. The molecular weight excluding hydrogens is 248 g/mol. The first-order valence-corrected chi connectivity index (χ1v) is 5.78. The highest BCUT2D eigenvalue weighted by Gasteiger charge is 2.30. The van der Waals surface area contributed by atoms with Gasteiger partial charge in [0.1, 0.15) is 11.4 Å². The number of benzene rings is 1. The topological polar surface area (TPSA) is 89.9 Å². The molecule has 2 rings (SSSR count). The molecule has 6 heteroatoms. The van der Waals surface area contributed by atoms with E-state index in [9.17, 15) is 14.7 Å². The molecule has 0 unspecified atom stereocenters. The first-order chi connectivity index (χ1) is 9.02. The van der Waals surface area contributed by atoms with E-state index in [0.717, 1.165) is 16.5 Å². The minimum absolute atomic E-state index is 0.00163. The molecule has 0 fully saturated rings. The molecule has 1 aromatic carbocycles. The second-order valence-corrected chi connectivity index (χ2v) is 4.22. The van der Waals surface area contributed by atoms with Crippen molar-refractivity contribution in [2.75, 3.05) is 18.5 Å². The Morgan fingerprint density at radius 3 is 2.68 bits per heavy atom. The van der Waals surface area contributed by atoms with Gasteiger partial charge in [0.2, 0.25) is 0 Å². The number of aryl methyl sites for hydroxylation is 1. The molecule has 1 aliphatic heterocycles. The molecule has 2 amide bonds.